The molecule has 17 heavy (non-hydrogen) atoms. The Morgan fingerprint density at radius 1 is 1.06 bits per heavy atom. The van der Waals surface area contributed by atoms with Crippen LogP contribution >= 0.6 is 0 Å². The van der Waals surface area contributed by atoms with Crippen LogP contribution in [-0.4, -0.2) is 22.7 Å². The average molecular weight is 238 g/mol. The van der Waals surface area contributed by atoms with Gasteiger partial charge in [-0.05, 0) is 25.2 Å². The number of aliphatic carboxylic acids is 1. The van der Waals surface area contributed by atoms with Crippen molar-refractivity contribution in [3.8, 4) is 0 Å². The van der Waals surface area contributed by atoms with Gasteiger partial charge in [-0.25, -0.2) is 0 Å². The lowest BCUT2D eigenvalue weighted by molar-refractivity contribution is -0.158. The molecule has 0 aromatic rings. The number of ether oxygens (including phenoxy) is 2. The van der Waals surface area contributed by atoms with Crippen LogP contribution in [-0.2, 0) is 14.3 Å². The van der Waals surface area contributed by atoms with Crippen LogP contribution in [0.5, 0.6) is 0 Å². The molecule has 2 saturated carbocycles. The van der Waals surface area contributed by atoms with Gasteiger partial charge in [0, 0.05) is 12.8 Å². The number of rotatable bonds is 2. The molecule has 2 aliphatic carbocycles. The summed E-state index contributed by atoms with van der Waals surface area (Å²) in [5, 5.41) is 9.70. The molecular formula is C13H18O4. The standard InChI is InChI=1S/C13H18O4/c14-10(15)11(9-4-2-1-3-5-9)6-7-12-13(8-11,16-12)17-12/h9H,1-8H2,(H,14,15). The molecule has 4 fully saturated rings. The molecule has 2 heterocycles. The summed E-state index contributed by atoms with van der Waals surface area (Å²) in [4.78, 5) is 11.8. The quantitative estimate of drug-likeness (QED) is 0.750. The van der Waals surface area contributed by atoms with E-state index in [4.69, 9.17) is 9.47 Å². The zero-order chi connectivity index (χ0) is 11.7. The van der Waals surface area contributed by atoms with Gasteiger partial charge in [0.1, 0.15) is 0 Å². The van der Waals surface area contributed by atoms with Crippen molar-refractivity contribution in [1.82, 2.24) is 0 Å². The van der Waals surface area contributed by atoms with Gasteiger partial charge < -0.3 is 14.6 Å². The van der Waals surface area contributed by atoms with Crippen LogP contribution in [0.15, 0.2) is 0 Å². The summed E-state index contributed by atoms with van der Waals surface area (Å²) >= 11 is 0. The van der Waals surface area contributed by atoms with Crippen LogP contribution in [0.3, 0.4) is 0 Å². The lowest BCUT2D eigenvalue weighted by atomic mass is 9.62. The van der Waals surface area contributed by atoms with E-state index in [0.717, 1.165) is 25.7 Å². The third kappa shape index (κ3) is 1.13. The Morgan fingerprint density at radius 2 is 1.76 bits per heavy atom. The largest absolute Gasteiger partial charge is 0.481 e. The molecule has 0 radical (unpaired) electrons. The maximum absolute atomic E-state index is 11.8. The number of hydrogen-bond donors (Lipinski definition) is 1. The Morgan fingerprint density at radius 3 is 2.35 bits per heavy atom. The minimum Gasteiger partial charge on any atom is -0.481 e. The Hall–Kier alpha value is -0.610. The van der Waals surface area contributed by atoms with E-state index in [1.165, 1.54) is 19.3 Å². The van der Waals surface area contributed by atoms with Gasteiger partial charge in [0.05, 0.1) is 5.41 Å². The monoisotopic (exact) mass is 238 g/mol. The fraction of sp³-hybridized carbons (Fsp3) is 0.923. The number of carboxylic acids is 1. The van der Waals surface area contributed by atoms with Gasteiger partial charge in [-0.2, -0.15) is 0 Å². The topological polar surface area (TPSA) is 62.4 Å². The van der Waals surface area contributed by atoms with Crippen molar-refractivity contribution in [3.63, 3.8) is 0 Å². The molecule has 94 valence electrons. The first kappa shape index (κ1) is 10.3. The summed E-state index contributed by atoms with van der Waals surface area (Å²) in [6.45, 7) is 0. The first-order valence-electron chi connectivity index (χ1n) is 6.76. The highest BCUT2D eigenvalue weighted by molar-refractivity contribution is 5.76. The molecule has 2 aliphatic heterocycles. The Labute approximate surface area is 100 Å². The third-order valence-electron chi connectivity index (χ3n) is 5.42. The lowest BCUT2D eigenvalue weighted by Gasteiger charge is -2.39. The summed E-state index contributed by atoms with van der Waals surface area (Å²) < 4.78 is 11.1. The fourth-order valence-corrected chi connectivity index (χ4v) is 4.24. The van der Waals surface area contributed by atoms with E-state index in [0.29, 0.717) is 12.3 Å². The van der Waals surface area contributed by atoms with Crippen molar-refractivity contribution in [2.45, 2.75) is 62.9 Å². The van der Waals surface area contributed by atoms with Gasteiger partial charge >= 0.3 is 5.97 Å². The van der Waals surface area contributed by atoms with Crippen LogP contribution in [0, 0.1) is 11.3 Å². The maximum atomic E-state index is 11.8. The lowest BCUT2D eigenvalue weighted by Crippen LogP contribution is -2.43. The summed E-state index contributed by atoms with van der Waals surface area (Å²) in [6, 6.07) is 0. The van der Waals surface area contributed by atoms with E-state index in [2.05, 4.69) is 0 Å². The van der Waals surface area contributed by atoms with E-state index in [1.54, 1.807) is 0 Å². The molecule has 0 amide bonds. The van der Waals surface area contributed by atoms with E-state index < -0.39 is 17.2 Å². The van der Waals surface area contributed by atoms with E-state index in [9.17, 15) is 9.90 Å². The van der Waals surface area contributed by atoms with Crippen LogP contribution in [0.4, 0.5) is 0 Å². The normalized spacial score (nSPS) is 52.5. The molecule has 4 heteroatoms. The zero-order valence-corrected chi connectivity index (χ0v) is 9.91. The molecule has 4 aliphatic rings. The van der Waals surface area contributed by atoms with E-state index in [-0.39, 0.29) is 5.79 Å². The summed E-state index contributed by atoms with van der Waals surface area (Å²) in [5.74, 6) is -1.10. The SMILES string of the molecule is O=C(O)C1(C2CCCCC2)CCC23OC2(C1)O3. The summed E-state index contributed by atoms with van der Waals surface area (Å²) in [7, 11) is 0. The molecule has 0 aromatic carbocycles. The van der Waals surface area contributed by atoms with Gasteiger partial charge in [0.25, 0.3) is 0 Å². The predicted molar refractivity (Wildman–Crippen MR) is 58.1 cm³/mol. The van der Waals surface area contributed by atoms with Crippen LogP contribution in [0.25, 0.3) is 0 Å². The van der Waals surface area contributed by atoms with Crippen molar-refractivity contribution in [2.24, 2.45) is 11.3 Å². The number of carbonyl (C=O) groups is 1. The summed E-state index contributed by atoms with van der Waals surface area (Å²) in [5.41, 5.74) is -0.572. The highest BCUT2D eigenvalue weighted by Crippen LogP contribution is 2.78. The van der Waals surface area contributed by atoms with Crippen molar-refractivity contribution < 1.29 is 19.4 Å². The summed E-state index contributed by atoms with van der Waals surface area (Å²) in [6.07, 6.45) is 7.84. The van der Waals surface area contributed by atoms with Gasteiger partial charge in [-0.1, -0.05) is 19.3 Å². The molecule has 1 N–H and O–H groups in total. The molecular weight excluding hydrogens is 220 g/mol. The van der Waals surface area contributed by atoms with Crippen LogP contribution in [0.2, 0.25) is 0 Å². The van der Waals surface area contributed by atoms with Crippen molar-refractivity contribution in [1.29, 1.82) is 0 Å². The smallest absolute Gasteiger partial charge is 0.310 e. The van der Waals surface area contributed by atoms with Crippen LogP contribution < -0.4 is 0 Å². The molecule has 0 bridgehead atoms. The van der Waals surface area contributed by atoms with Gasteiger partial charge in [0.15, 0.2) is 0 Å². The third-order valence-corrected chi connectivity index (χ3v) is 5.42. The van der Waals surface area contributed by atoms with Gasteiger partial charge in [-0.3, -0.25) is 4.79 Å². The van der Waals surface area contributed by atoms with Crippen molar-refractivity contribution in [2.75, 3.05) is 0 Å². The molecule has 1 unspecified atom stereocenters. The van der Waals surface area contributed by atoms with E-state index >= 15 is 0 Å². The molecule has 1 atom stereocenters. The average Bonchev–Trinajstić information content (AvgIpc) is 3.14. The van der Waals surface area contributed by atoms with E-state index in [1.807, 2.05) is 0 Å². The first-order chi connectivity index (χ1) is 8.13. The fourth-order valence-electron chi connectivity index (χ4n) is 4.24. The second-order valence-corrected chi connectivity index (χ2v) is 6.18. The molecule has 2 saturated heterocycles. The zero-order valence-electron chi connectivity index (χ0n) is 9.91. The molecule has 0 spiro atoms. The number of carboxylic acid groups (broad SMARTS) is 1. The van der Waals surface area contributed by atoms with Crippen molar-refractivity contribution in [3.05, 3.63) is 0 Å². The highest BCUT2D eigenvalue weighted by Gasteiger charge is 2.93. The predicted octanol–water partition coefficient (Wildman–Crippen LogP) is 2.27. The maximum Gasteiger partial charge on any atom is 0.310 e. The number of epoxide rings is 2. The minimum atomic E-state index is -0.627. The Balaban J connectivity index is 1.63. The second kappa shape index (κ2) is 2.86. The highest BCUT2D eigenvalue weighted by atomic mass is 17.0. The molecule has 0 aromatic heterocycles. The van der Waals surface area contributed by atoms with Gasteiger partial charge in [-0.15, -0.1) is 0 Å². The first-order valence-corrected chi connectivity index (χ1v) is 6.76. The Kier molecular flexibility index (Phi) is 1.74. The molecule has 4 nitrogen and oxygen atoms in total. The van der Waals surface area contributed by atoms with Crippen molar-refractivity contribution >= 4 is 5.97 Å². The Bertz CT molecular complexity index is 379. The van der Waals surface area contributed by atoms with Crippen LogP contribution in [0.1, 0.15) is 51.4 Å². The molecule has 4 rings (SSSR count). The number of hydrogen-bond acceptors (Lipinski definition) is 3. The van der Waals surface area contributed by atoms with Gasteiger partial charge in [0.2, 0.25) is 11.6 Å². The minimum absolute atomic E-state index is 0.328. The second-order valence-electron chi connectivity index (χ2n) is 6.18.